The van der Waals surface area contributed by atoms with Crippen molar-refractivity contribution in [2.75, 3.05) is 5.32 Å². The first-order valence-corrected chi connectivity index (χ1v) is 9.97. The van der Waals surface area contributed by atoms with E-state index >= 15 is 0 Å². The fourth-order valence-corrected chi connectivity index (χ4v) is 3.62. The Labute approximate surface area is 191 Å². The molecular formula is C20H19Cl2NO9. The molecule has 0 spiro atoms. The largest absolute Gasteiger partial charge is 0.479 e. The van der Waals surface area contributed by atoms with Crippen molar-refractivity contribution in [1.29, 1.82) is 0 Å². The van der Waals surface area contributed by atoms with Crippen LogP contribution in [0.5, 0.6) is 0 Å². The molecular weight excluding hydrogens is 469 g/mol. The number of aromatic carboxylic acids is 1. The van der Waals surface area contributed by atoms with Gasteiger partial charge in [-0.05, 0) is 23.8 Å². The summed E-state index contributed by atoms with van der Waals surface area (Å²) in [7, 11) is 0. The van der Waals surface area contributed by atoms with Crippen molar-refractivity contribution in [3.05, 3.63) is 57.6 Å². The Bertz CT molecular complexity index is 1020. The molecule has 5 atom stereocenters. The molecule has 0 radical (unpaired) electrons. The molecule has 1 saturated heterocycles. The van der Waals surface area contributed by atoms with Gasteiger partial charge < -0.3 is 40.3 Å². The third-order valence-corrected chi connectivity index (χ3v) is 5.55. The Morgan fingerprint density at radius 3 is 2.34 bits per heavy atom. The standard InChI is InChI=1S/C20H19Cl2NO9/c21-10-6-5-8(7-31-20-16(26)14(24)15(25)17(32-20)19(29)30)12(22)13(10)23-11-4-2-1-3-9(11)18(27)28/h1-6,14-17,20,23-26H,7H2,(H,27,28)(H,29,30). The molecule has 0 amide bonds. The molecule has 12 heteroatoms. The number of halogens is 2. The van der Waals surface area contributed by atoms with Gasteiger partial charge in [0, 0.05) is 0 Å². The number of aliphatic hydroxyl groups is 3. The molecule has 1 heterocycles. The lowest BCUT2D eigenvalue weighted by atomic mass is 9.99. The molecule has 172 valence electrons. The van der Waals surface area contributed by atoms with Crippen LogP contribution in [0.2, 0.25) is 10.0 Å². The van der Waals surface area contributed by atoms with Crippen molar-refractivity contribution in [1.82, 2.24) is 0 Å². The highest BCUT2D eigenvalue weighted by Gasteiger charge is 2.47. The Morgan fingerprint density at radius 2 is 1.69 bits per heavy atom. The molecule has 0 saturated carbocycles. The third-order valence-electron chi connectivity index (χ3n) is 4.80. The molecule has 0 bridgehead atoms. The van der Waals surface area contributed by atoms with E-state index in [1.165, 1.54) is 24.3 Å². The van der Waals surface area contributed by atoms with Gasteiger partial charge in [-0.2, -0.15) is 0 Å². The topological polar surface area (TPSA) is 166 Å². The summed E-state index contributed by atoms with van der Waals surface area (Å²) in [6.45, 7) is -0.290. The number of aliphatic carboxylic acids is 1. The number of para-hydroxylation sites is 1. The van der Waals surface area contributed by atoms with E-state index in [9.17, 15) is 30.0 Å². The highest BCUT2D eigenvalue weighted by atomic mass is 35.5. The first-order chi connectivity index (χ1) is 15.1. The number of nitrogens with one attached hydrogen (secondary N) is 1. The molecule has 10 nitrogen and oxygen atoms in total. The average Bonchev–Trinajstić information content (AvgIpc) is 2.75. The van der Waals surface area contributed by atoms with Crippen LogP contribution in [0.25, 0.3) is 0 Å². The summed E-state index contributed by atoms with van der Waals surface area (Å²) in [5.74, 6) is -2.69. The van der Waals surface area contributed by atoms with Gasteiger partial charge in [0.25, 0.3) is 0 Å². The second kappa shape index (κ2) is 10.0. The van der Waals surface area contributed by atoms with E-state index in [0.717, 1.165) is 0 Å². The van der Waals surface area contributed by atoms with Gasteiger partial charge in [0.15, 0.2) is 12.4 Å². The molecule has 5 unspecified atom stereocenters. The molecule has 6 N–H and O–H groups in total. The van der Waals surface area contributed by atoms with Gasteiger partial charge in [0.1, 0.15) is 18.3 Å². The van der Waals surface area contributed by atoms with Crippen LogP contribution in [0.15, 0.2) is 36.4 Å². The van der Waals surface area contributed by atoms with Crippen molar-refractivity contribution < 1.29 is 44.6 Å². The monoisotopic (exact) mass is 487 g/mol. The number of hydrogen-bond acceptors (Lipinski definition) is 8. The van der Waals surface area contributed by atoms with Crippen LogP contribution in [0.3, 0.4) is 0 Å². The van der Waals surface area contributed by atoms with E-state index in [4.69, 9.17) is 37.8 Å². The van der Waals surface area contributed by atoms with Crippen molar-refractivity contribution >= 4 is 46.5 Å². The smallest absolute Gasteiger partial charge is 0.337 e. The minimum Gasteiger partial charge on any atom is -0.479 e. The molecule has 1 fully saturated rings. The number of anilines is 2. The van der Waals surface area contributed by atoms with E-state index in [1.54, 1.807) is 12.1 Å². The Balaban J connectivity index is 1.80. The van der Waals surface area contributed by atoms with Gasteiger partial charge in [-0.25, -0.2) is 9.59 Å². The quantitative estimate of drug-likeness (QED) is 0.339. The van der Waals surface area contributed by atoms with Gasteiger partial charge in [-0.3, -0.25) is 0 Å². The Kier molecular flexibility index (Phi) is 7.57. The lowest BCUT2D eigenvalue weighted by molar-refractivity contribution is -0.297. The van der Waals surface area contributed by atoms with E-state index in [-0.39, 0.29) is 33.6 Å². The maximum atomic E-state index is 11.4. The van der Waals surface area contributed by atoms with Crippen molar-refractivity contribution in [3.63, 3.8) is 0 Å². The van der Waals surface area contributed by atoms with Crippen LogP contribution in [-0.2, 0) is 20.9 Å². The maximum absolute atomic E-state index is 11.4. The lowest BCUT2D eigenvalue weighted by Crippen LogP contribution is -2.60. The minimum absolute atomic E-state index is 0.00716. The lowest BCUT2D eigenvalue weighted by Gasteiger charge is -2.38. The van der Waals surface area contributed by atoms with E-state index < -0.39 is 42.6 Å². The highest BCUT2D eigenvalue weighted by molar-refractivity contribution is 6.39. The van der Waals surface area contributed by atoms with E-state index in [0.29, 0.717) is 5.56 Å². The summed E-state index contributed by atoms with van der Waals surface area (Å²) in [6.07, 6.45) is -8.73. The second-order valence-electron chi connectivity index (χ2n) is 6.92. The summed E-state index contributed by atoms with van der Waals surface area (Å²) in [5, 5.41) is 51.3. The molecule has 32 heavy (non-hydrogen) atoms. The summed E-state index contributed by atoms with van der Waals surface area (Å²) < 4.78 is 10.5. The second-order valence-corrected chi connectivity index (χ2v) is 7.70. The van der Waals surface area contributed by atoms with Gasteiger partial charge >= 0.3 is 11.9 Å². The highest BCUT2D eigenvalue weighted by Crippen LogP contribution is 2.37. The first-order valence-electron chi connectivity index (χ1n) is 9.22. The van der Waals surface area contributed by atoms with Gasteiger partial charge in [-0.1, -0.05) is 41.4 Å². The normalized spacial score (nSPS) is 25.3. The number of carboxylic acid groups (broad SMARTS) is 2. The summed E-state index contributed by atoms with van der Waals surface area (Å²) in [5.41, 5.74) is 0.781. The van der Waals surface area contributed by atoms with E-state index in [2.05, 4.69) is 5.32 Å². The number of carbonyl (C=O) groups is 2. The summed E-state index contributed by atoms with van der Waals surface area (Å²) >= 11 is 12.6. The average molecular weight is 488 g/mol. The van der Waals surface area contributed by atoms with E-state index in [1.807, 2.05) is 0 Å². The van der Waals surface area contributed by atoms with Gasteiger partial charge in [0.2, 0.25) is 0 Å². The van der Waals surface area contributed by atoms with Crippen LogP contribution in [-0.4, -0.2) is 68.2 Å². The molecule has 2 aromatic carbocycles. The molecule has 3 rings (SSSR count). The Morgan fingerprint density at radius 1 is 1.00 bits per heavy atom. The zero-order valence-corrected chi connectivity index (χ0v) is 17.7. The molecule has 1 aliphatic rings. The van der Waals surface area contributed by atoms with Crippen LogP contribution in [0.1, 0.15) is 15.9 Å². The van der Waals surface area contributed by atoms with Crippen LogP contribution in [0, 0.1) is 0 Å². The number of rotatable bonds is 7. The van der Waals surface area contributed by atoms with Crippen molar-refractivity contribution in [3.8, 4) is 0 Å². The Hall–Kier alpha value is -2.44. The predicted molar refractivity (Wildman–Crippen MR) is 112 cm³/mol. The van der Waals surface area contributed by atoms with Crippen molar-refractivity contribution in [2.45, 2.75) is 37.3 Å². The van der Waals surface area contributed by atoms with Gasteiger partial charge in [0.05, 0.1) is 33.6 Å². The van der Waals surface area contributed by atoms with Crippen LogP contribution >= 0.6 is 23.2 Å². The zero-order chi connectivity index (χ0) is 23.6. The first kappa shape index (κ1) is 24.2. The molecule has 0 aromatic heterocycles. The number of carboxylic acids is 2. The third kappa shape index (κ3) is 4.97. The molecule has 0 aliphatic carbocycles. The molecule has 2 aromatic rings. The number of benzene rings is 2. The van der Waals surface area contributed by atoms with Crippen LogP contribution in [0.4, 0.5) is 11.4 Å². The zero-order valence-electron chi connectivity index (χ0n) is 16.2. The predicted octanol–water partition coefficient (Wildman–Crippen LogP) is 1.84. The van der Waals surface area contributed by atoms with Gasteiger partial charge in [-0.15, -0.1) is 0 Å². The summed E-state index contributed by atoms with van der Waals surface area (Å²) in [4.78, 5) is 22.6. The van der Waals surface area contributed by atoms with Crippen molar-refractivity contribution in [2.24, 2.45) is 0 Å². The number of hydrogen-bond donors (Lipinski definition) is 6. The SMILES string of the molecule is O=C(O)c1ccccc1Nc1c(Cl)ccc(COC2OC(C(=O)O)C(O)C(O)C2O)c1Cl. The maximum Gasteiger partial charge on any atom is 0.337 e. The number of aliphatic hydroxyl groups excluding tert-OH is 3. The summed E-state index contributed by atoms with van der Waals surface area (Å²) in [6, 6.07) is 9.12. The van der Waals surface area contributed by atoms with Crippen LogP contribution < -0.4 is 5.32 Å². The fourth-order valence-electron chi connectivity index (χ4n) is 3.10. The number of ether oxygens (including phenoxy) is 2. The molecule has 1 aliphatic heterocycles. The minimum atomic E-state index is -1.84. The fraction of sp³-hybridized carbons (Fsp3) is 0.300.